The Labute approximate surface area is 120 Å². The van der Waals surface area contributed by atoms with Crippen LogP contribution in [0, 0.1) is 0 Å². The van der Waals surface area contributed by atoms with E-state index in [4.69, 9.17) is 0 Å². The summed E-state index contributed by atoms with van der Waals surface area (Å²) in [6.45, 7) is 6.71. The number of aliphatic imine (C=N–C) groups is 1. The lowest BCUT2D eigenvalue weighted by atomic mass is 10.3. The molecule has 0 amide bonds. The molecule has 1 aromatic heterocycles. The van der Waals surface area contributed by atoms with Gasteiger partial charge in [-0.05, 0) is 13.3 Å². The summed E-state index contributed by atoms with van der Waals surface area (Å²) in [4.78, 5) is 11.1. The van der Waals surface area contributed by atoms with Crippen molar-refractivity contribution >= 4 is 22.4 Å². The first-order valence-corrected chi connectivity index (χ1v) is 7.69. The summed E-state index contributed by atoms with van der Waals surface area (Å²) in [5, 5.41) is 9.66. The fourth-order valence-corrected chi connectivity index (χ4v) is 2.21. The van der Waals surface area contributed by atoms with Gasteiger partial charge in [0.05, 0.1) is 12.2 Å². The molecule has 1 rings (SSSR count). The van der Waals surface area contributed by atoms with E-state index in [1.54, 1.807) is 11.3 Å². The Morgan fingerprint density at radius 1 is 1.37 bits per heavy atom. The van der Waals surface area contributed by atoms with Crippen molar-refractivity contribution in [2.24, 2.45) is 4.99 Å². The lowest BCUT2D eigenvalue weighted by molar-refractivity contribution is 0.729. The molecule has 5 nitrogen and oxygen atoms in total. The number of aromatic nitrogens is 1. The largest absolute Gasteiger partial charge is 0.357 e. The number of thiazole rings is 1. The van der Waals surface area contributed by atoms with E-state index in [9.17, 15) is 0 Å². The third-order valence-corrected chi connectivity index (χ3v) is 3.55. The van der Waals surface area contributed by atoms with Crippen molar-refractivity contribution in [2.75, 3.05) is 32.1 Å². The standard InChI is InChI=1S/C13H25N5S/c1-5-7-8-15-12(14-6-2)16-9-11-10-19-13(17-11)18(3)4/h10H,5-9H2,1-4H3,(H2,14,15,16). The van der Waals surface area contributed by atoms with Gasteiger partial charge in [0.15, 0.2) is 11.1 Å². The molecule has 0 aliphatic rings. The average Bonchev–Trinajstić information content (AvgIpc) is 2.85. The van der Waals surface area contributed by atoms with Crippen LogP contribution in [0.25, 0.3) is 0 Å². The third kappa shape index (κ3) is 5.92. The van der Waals surface area contributed by atoms with Crippen LogP contribution in [0.15, 0.2) is 10.4 Å². The fraction of sp³-hybridized carbons (Fsp3) is 0.692. The Kier molecular flexibility index (Phi) is 7.25. The predicted octanol–water partition coefficient (Wildman–Crippen LogP) is 2.06. The SMILES string of the molecule is CCCCNC(=NCc1csc(N(C)C)n1)NCC. The molecule has 0 unspecified atom stereocenters. The fourth-order valence-electron chi connectivity index (χ4n) is 1.46. The summed E-state index contributed by atoms with van der Waals surface area (Å²) in [6, 6.07) is 0. The molecule has 1 heterocycles. The lowest BCUT2D eigenvalue weighted by Crippen LogP contribution is -2.37. The van der Waals surface area contributed by atoms with Crippen LogP contribution in [0.5, 0.6) is 0 Å². The average molecular weight is 283 g/mol. The molecule has 19 heavy (non-hydrogen) atoms. The Bertz CT molecular complexity index is 386. The Morgan fingerprint density at radius 3 is 2.74 bits per heavy atom. The molecule has 0 fully saturated rings. The first kappa shape index (κ1) is 15.8. The van der Waals surface area contributed by atoms with E-state index in [1.807, 2.05) is 19.0 Å². The van der Waals surface area contributed by atoms with Crippen molar-refractivity contribution < 1.29 is 0 Å². The summed E-state index contributed by atoms with van der Waals surface area (Å²) < 4.78 is 0. The minimum atomic E-state index is 0.617. The summed E-state index contributed by atoms with van der Waals surface area (Å²) in [7, 11) is 4.00. The molecular formula is C13H25N5S. The highest BCUT2D eigenvalue weighted by atomic mass is 32.1. The number of anilines is 1. The number of guanidine groups is 1. The monoisotopic (exact) mass is 283 g/mol. The van der Waals surface area contributed by atoms with Crippen molar-refractivity contribution in [1.29, 1.82) is 0 Å². The predicted molar refractivity (Wildman–Crippen MR) is 84.2 cm³/mol. The van der Waals surface area contributed by atoms with Gasteiger partial charge in [0, 0.05) is 32.6 Å². The highest BCUT2D eigenvalue weighted by molar-refractivity contribution is 7.13. The smallest absolute Gasteiger partial charge is 0.191 e. The van der Waals surface area contributed by atoms with Crippen LogP contribution in [0.2, 0.25) is 0 Å². The van der Waals surface area contributed by atoms with Crippen LogP contribution in [-0.4, -0.2) is 38.1 Å². The van der Waals surface area contributed by atoms with Gasteiger partial charge in [0.2, 0.25) is 0 Å². The van der Waals surface area contributed by atoms with Crippen molar-refractivity contribution in [3.05, 3.63) is 11.1 Å². The van der Waals surface area contributed by atoms with Crippen LogP contribution in [0.1, 0.15) is 32.4 Å². The summed E-state index contributed by atoms with van der Waals surface area (Å²) >= 11 is 1.65. The van der Waals surface area contributed by atoms with E-state index in [0.717, 1.165) is 36.3 Å². The van der Waals surface area contributed by atoms with Gasteiger partial charge in [-0.25, -0.2) is 9.98 Å². The lowest BCUT2D eigenvalue weighted by Gasteiger charge is -2.10. The van der Waals surface area contributed by atoms with Gasteiger partial charge in [-0.3, -0.25) is 0 Å². The quantitative estimate of drug-likeness (QED) is 0.457. The van der Waals surface area contributed by atoms with E-state index in [1.165, 1.54) is 6.42 Å². The molecule has 0 aromatic carbocycles. The van der Waals surface area contributed by atoms with E-state index in [-0.39, 0.29) is 0 Å². The van der Waals surface area contributed by atoms with E-state index >= 15 is 0 Å². The maximum absolute atomic E-state index is 4.55. The van der Waals surface area contributed by atoms with E-state index < -0.39 is 0 Å². The number of rotatable bonds is 7. The first-order chi connectivity index (χ1) is 9.17. The van der Waals surface area contributed by atoms with Gasteiger partial charge in [-0.2, -0.15) is 0 Å². The van der Waals surface area contributed by atoms with Gasteiger partial charge >= 0.3 is 0 Å². The number of hydrogen-bond donors (Lipinski definition) is 2. The minimum Gasteiger partial charge on any atom is -0.357 e. The summed E-state index contributed by atoms with van der Waals surface area (Å²) in [6.07, 6.45) is 2.34. The number of nitrogens with zero attached hydrogens (tertiary/aromatic N) is 3. The topological polar surface area (TPSA) is 52.6 Å². The second kappa shape index (κ2) is 8.74. The maximum atomic E-state index is 4.55. The zero-order chi connectivity index (χ0) is 14.1. The van der Waals surface area contributed by atoms with Gasteiger partial charge in [0.25, 0.3) is 0 Å². The maximum Gasteiger partial charge on any atom is 0.191 e. The molecular weight excluding hydrogens is 258 g/mol. The van der Waals surface area contributed by atoms with Crippen molar-refractivity contribution in [3.63, 3.8) is 0 Å². The molecule has 108 valence electrons. The zero-order valence-electron chi connectivity index (χ0n) is 12.4. The number of nitrogens with one attached hydrogen (secondary N) is 2. The van der Waals surface area contributed by atoms with Crippen molar-refractivity contribution in [2.45, 2.75) is 33.2 Å². The third-order valence-electron chi connectivity index (χ3n) is 2.49. The molecule has 0 spiro atoms. The molecule has 0 radical (unpaired) electrons. The van der Waals surface area contributed by atoms with Gasteiger partial charge in [0.1, 0.15) is 0 Å². The van der Waals surface area contributed by atoms with E-state index in [0.29, 0.717) is 6.54 Å². The molecule has 0 saturated heterocycles. The van der Waals surface area contributed by atoms with Crippen LogP contribution in [-0.2, 0) is 6.54 Å². The first-order valence-electron chi connectivity index (χ1n) is 6.81. The summed E-state index contributed by atoms with van der Waals surface area (Å²) in [5.41, 5.74) is 1.02. The summed E-state index contributed by atoms with van der Waals surface area (Å²) in [5.74, 6) is 0.871. The molecule has 2 N–H and O–H groups in total. The molecule has 0 bridgehead atoms. The van der Waals surface area contributed by atoms with Gasteiger partial charge in [-0.15, -0.1) is 11.3 Å². The zero-order valence-corrected chi connectivity index (χ0v) is 13.2. The molecule has 0 aliphatic carbocycles. The Balaban J connectivity index is 2.52. The molecule has 0 saturated carbocycles. The van der Waals surface area contributed by atoms with Crippen LogP contribution in [0.4, 0.5) is 5.13 Å². The number of hydrogen-bond acceptors (Lipinski definition) is 4. The second-order valence-corrected chi connectivity index (χ2v) is 5.33. The minimum absolute atomic E-state index is 0.617. The van der Waals surface area contributed by atoms with Crippen molar-refractivity contribution in [1.82, 2.24) is 15.6 Å². The van der Waals surface area contributed by atoms with E-state index in [2.05, 4.69) is 39.8 Å². The van der Waals surface area contributed by atoms with Crippen LogP contribution in [0.3, 0.4) is 0 Å². The second-order valence-electron chi connectivity index (χ2n) is 4.49. The molecule has 1 aromatic rings. The molecule has 6 heteroatoms. The Hall–Kier alpha value is -1.30. The normalized spacial score (nSPS) is 11.5. The van der Waals surface area contributed by atoms with Crippen LogP contribution < -0.4 is 15.5 Å². The van der Waals surface area contributed by atoms with Crippen LogP contribution >= 0.6 is 11.3 Å². The highest BCUT2D eigenvalue weighted by Gasteiger charge is 2.03. The molecule has 0 aliphatic heterocycles. The Morgan fingerprint density at radius 2 is 2.16 bits per heavy atom. The van der Waals surface area contributed by atoms with Crippen molar-refractivity contribution in [3.8, 4) is 0 Å². The molecule has 0 atom stereocenters. The van der Waals surface area contributed by atoms with Gasteiger partial charge < -0.3 is 15.5 Å². The van der Waals surface area contributed by atoms with Gasteiger partial charge in [-0.1, -0.05) is 13.3 Å². The highest BCUT2D eigenvalue weighted by Crippen LogP contribution is 2.18. The number of unbranched alkanes of at least 4 members (excludes halogenated alkanes) is 1.